The van der Waals surface area contributed by atoms with Crippen molar-refractivity contribution >= 4 is 11.6 Å². The number of anilines is 1. The lowest BCUT2D eigenvalue weighted by Crippen LogP contribution is -3.15. The van der Waals surface area contributed by atoms with E-state index >= 15 is 0 Å². The molecule has 1 fully saturated rings. The van der Waals surface area contributed by atoms with E-state index in [0.717, 1.165) is 48.9 Å². The molecule has 160 valence electrons. The van der Waals surface area contributed by atoms with Gasteiger partial charge in [0.15, 0.2) is 11.5 Å². The van der Waals surface area contributed by atoms with Gasteiger partial charge in [-0.15, -0.1) is 0 Å². The van der Waals surface area contributed by atoms with Crippen LogP contribution in [0.5, 0.6) is 11.5 Å². The monoisotopic (exact) mass is 414 g/mol. The van der Waals surface area contributed by atoms with Gasteiger partial charge in [0.25, 0.3) is 0 Å². The summed E-state index contributed by atoms with van der Waals surface area (Å²) in [5.74, 6) is 1.32. The number of hydrogen-bond acceptors (Lipinski definition) is 4. The largest absolute Gasteiger partial charge is 0.454 e. The number of nitrogens with zero attached hydrogens (tertiary/aromatic N) is 1. The van der Waals surface area contributed by atoms with E-state index in [0.29, 0.717) is 6.54 Å². The summed E-state index contributed by atoms with van der Waals surface area (Å²) in [7, 11) is 0. The van der Waals surface area contributed by atoms with Crippen molar-refractivity contribution in [1.29, 1.82) is 0 Å². The van der Waals surface area contributed by atoms with Gasteiger partial charge in [-0.3, -0.25) is 4.79 Å². The van der Waals surface area contributed by atoms with Gasteiger partial charge in [-0.25, -0.2) is 4.39 Å². The Kier molecular flexibility index (Phi) is 6.08. The van der Waals surface area contributed by atoms with Gasteiger partial charge in [0, 0.05) is 17.2 Å². The lowest BCUT2D eigenvalue weighted by atomic mass is 10.0. The van der Waals surface area contributed by atoms with Gasteiger partial charge in [-0.05, 0) is 42.5 Å². The summed E-state index contributed by atoms with van der Waals surface area (Å²) >= 11 is 0. The fourth-order valence-electron chi connectivity index (χ4n) is 4.09. The first-order valence-corrected chi connectivity index (χ1v) is 10.5. The van der Waals surface area contributed by atoms with Gasteiger partial charge >= 0.3 is 0 Å². The Morgan fingerprint density at radius 3 is 2.50 bits per heavy atom. The van der Waals surface area contributed by atoms with Gasteiger partial charge in [-0.1, -0.05) is 13.8 Å². The van der Waals surface area contributed by atoms with Gasteiger partial charge in [0.2, 0.25) is 12.7 Å². The minimum Gasteiger partial charge on any atom is -0.454 e. The van der Waals surface area contributed by atoms with Crippen LogP contribution >= 0.6 is 0 Å². The van der Waals surface area contributed by atoms with Crippen molar-refractivity contribution in [2.24, 2.45) is 5.92 Å². The number of hydrogen-bond donors (Lipinski definition) is 2. The van der Waals surface area contributed by atoms with E-state index in [1.165, 1.54) is 17.0 Å². The molecule has 0 radical (unpaired) electrons. The number of halogens is 1. The second-order valence-corrected chi connectivity index (χ2v) is 8.19. The predicted molar refractivity (Wildman–Crippen MR) is 112 cm³/mol. The van der Waals surface area contributed by atoms with Crippen LogP contribution in [-0.2, 0) is 4.79 Å². The molecule has 1 amide bonds. The van der Waals surface area contributed by atoms with Crippen molar-refractivity contribution in [2.45, 2.75) is 19.9 Å². The van der Waals surface area contributed by atoms with Crippen molar-refractivity contribution in [3.8, 4) is 11.5 Å². The fourth-order valence-corrected chi connectivity index (χ4v) is 4.09. The molecule has 7 heteroatoms. The number of carbonyl (C=O) groups is 1. The van der Waals surface area contributed by atoms with E-state index in [2.05, 4.69) is 16.3 Å². The van der Waals surface area contributed by atoms with Crippen molar-refractivity contribution in [2.75, 3.05) is 44.4 Å². The van der Waals surface area contributed by atoms with Crippen LogP contribution in [0.3, 0.4) is 0 Å². The van der Waals surface area contributed by atoms with Crippen LogP contribution in [0.2, 0.25) is 0 Å². The first-order chi connectivity index (χ1) is 14.5. The Hall–Kier alpha value is -2.80. The molecule has 30 heavy (non-hydrogen) atoms. The number of amides is 1. The topological polar surface area (TPSA) is 55.2 Å². The lowest BCUT2D eigenvalue weighted by molar-refractivity contribution is -0.931. The molecule has 0 bridgehead atoms. The van der Waals surface area contributed by atoms with E-state index in [-0.39, 0.29) is 30.5 Å². The normalized spacial score (nSPS) is 17.3. The van der Waals surface area contributed by atoms with Crippen LogP contribution in [0.1, 0.15) is 25.5 Å². The van der Waals surface area contributed by atoms with E-state index in [4.69, 9.17) is 9.47 Å². The Labute approximate surface area is 176 Å². The molecule has 2 aromatic carbocycles. The zero-order valence-electron chi connectivity index (χ0n) is 17.5. The Morgan fingerprint density at radius 1 is 1.10 bits per heavy atom. The summed E-state index contributed by atoms with van der Waals surface area (Å²) in [6, 6.07) is 12.8. The maximum absolute atomic E-state index is 13.2. The molecule has 0 saturated carbocycles. The number of piperazine rings is 1. The Morgan fingerprint density at radius 2 is 1.80 bits per heavy atom. The number of quaternary nitrogens is 1. The molecular weight excluding hydrogens is 385 g/mol. The predicted octanol–water partition coefficient (Wildman–Crippen LogP) is 1.77. The second-order valence-electron chi connectivity index (χ2n) is 8.19. The molecule has 2 N–H and O–H groups in total. The molecule has 0 aromatic heterocycles. The summed E-state index contributed by atoms with van der Waals surface area (Å²) < 4.78 is 24.2. The summed E-state index contributed by atoms with van der Waals surface area (Å²) in [6.45, 7) is 8.22. The van der Waals surface area contributed by atoms with Crippen LogP contribution in [0.25, 0.3) is 0 Å². The zero-order chi connectivity index (χ0) is 21.1. The number of benzene rings is 2. The first-order valence-electron chi connectivity index (χ1n) is 10.5. The molecule has 2 aromatic rings. The number of rotatable bonds is 6. The van der Waals surface area contributed by atoms with E-state index in [1.54, 1.807) is 0 Å². The number of ether oxygens (including phenoxy) is 2. The molecule has 4 rings (SSSR count). The quantitative estimate of drug-likeness (QED) is 0.757. The third-order valence-corrected chi connectivity index (χ3v) is 5.89. The molecule has 0 aliphatic carbocycles. The minimum absolute atomic E-state index is 0.0484. The summed E-state index contributed by atoms with van der Waals surface area (Å²) in [5.41, 5.74) is 2.18. The summed E-state index contributed by atoms with van der Waals surface area (Å²) in [5, 5.41) is 3.11. The van der Waals surface area contributed by atoms with E-state index < -0.39 is 0 Å². The highest BCUT2D eigenvalue weighted by Gasteiger charge is 2.30. The van der Waals surface area contributed by atoms with Crippen LogP contribution in [0.4, 0.5) is 10.1 Å². The van der Waals surface area contributed by atoms with Crippen LogP contribution in [0, 0.1) is 11.7 Å². The molecule has 1 saturated heterocycles. The molecule has 2 aliphatic heterocycles. The van der Waals surface area contributed by atoms with Crippen molar-refractivity contribution in [3.63, 3.8) is 0 Å². The molecule has 0 spiro atoms. The average molecular weight is 415 g/mol. The molecule has 2 heterocycles. The maximum atomic E-state index is 13.2. The van der Waals surface area contributed by atoms with Crippen LogP contribution in [0.15, 0.2) is 42.5 Å². The Balaban J connectivity index is 1.48. The van der Waals surface area contributed by atoms with Gasteiger partial charge < -0.3 is 24.6 Å². The van der Waals surface area contributed by atoms with Crippen molar-refractivity contribution in [1.82, 2.24) is 5.32 Å². The number of carbonyl (C=O) groups excluding carboxylic acids is 1. The van der Waals surface area contributed by atoms with Crippen LogP contribution in [-0.4, -0.2) is 45.4 Å². The third kappa shape index (κ3) is 4.51. The van der Waals surface area contributed by atoms with Gasteiger partial charge in [-0.2, -0.15) is 0 Å². The highest BCUT2D eigenvalue weighted by Crippen LogP contribution is 2.33. The molecule has 6 nitrogen and oxygen atoms in total. The number of fused-ring (bicyclic) bond motifs is 1. The average Bonchev–Trinajstić information content (AvgIpc) is 3.23. The summed E-state index contributed by atoms with van der Waals surface area (Å²) in [4.78, 5) is 15.9. The first kappa shape index (κ1) is 20.5. The molecule has 1 atom stereocenters. The standard InChI is InChI=1S/C23H28FN3O3/c1-16(2)23(28)25-14-20(17-3-8-21-22(13-17)30-15-29-21)27-11-9-26(10-12-27)19-6-4-18(24)5-7-19/h3-8,13,16,20H,9-12,14-15H2,1-2H3,(H,25,28)/p+1/t20-/m0/s1. The molecule has 2 aliphatic rings. The molecular formula is C23H29FN3O3+. The fraction of sp³-hybridized carbons (Fsp3) is 0.435. The highest BCUT2D eigenvalue weighted by atomic mass is 19.1. The van der Waals surface area contributed by atoms with Crippen molar-refractivity contribution < 1.29 is 23.6 Å². The zero-order valence-corrected chi connectivity index (χ0v) is 17.5. The van der Waals surface area contributed by atoms with Gasteiger partial charge in [0.05, 0.1) is 32.7 Å². The van der Waals surface area contributed by atoms with Crippen LogP contribution < -0.4 is 24.6 Å². The van der Waals surface area contributed by atoms with E-state index in [1.807, 2.05) is 38.1 Å². The highest BCUT2D eigenvalue weighted by molar-refractivity contribution is 5.77. The third-order valence-electron chi connectivity index (χ3n) is 5.89. The Bertz CT molecular complexity index is 880. The maximum Gasteiger partial charge on any atom is 0.231 e. The number of nitrogens with one attached hydrogen (secondary N) is 2. The minimum atomic E-state index is -0.216. The van der Waals surface area contributed by atoms with E-state index in [9.17, 15) is 9.18 Å². The summed E-state index contributed by atoms with van der Waals surface area (Å²) in [6.07, 6.45) is 0. The second kappa shape index (κ2) is 8.92. The van der Waals surface area contributed by atoms with Gasteiger partial charge in [0.1, 0.15) is 11.9 Å². The SMILES string of the molecule is CC(C)C(=O)NC[C@@H](c1ccc2c(c1)OCO2)[NH+]1CCN(c2ccc(F)cc2)CC1. The molecule has 0 unspecified atom stereocenters. The lowest BCUT2D eigenvalue weighted by Gasteiger charge is -2.38. The van der Waals surface area contributed by atoms with Crippen molar-refractivity contribution in [3.05, 3.63) is 53.8 Å². The smallest absolute Gasteiger partial charge is 0.231 e.